The number of nitrogens with two attached hydrogens (primary N) is 1. The molecule has 0 aromatic heterocycles. The predicted octanol–water partition coefficient (Wildman–Crippen LogP) is 0.585. The second-order valence-corrected chi connectivity index (χ2v) is 3.84. The Morgan fingerprint density at radius 3 is 2.59 bits per heavy atom. The molecule has 0 radical (unpaired) electrons. The summed E-state index contributed by atoms with van der Waals surface area (Å²) in [6.07, 6.45) is -3.87. The molecule has 0 saturated carbocycles. The molecule has 1 aromatic carbocycles. The van der Waals surface area contributed by atoms with Crippen molar-refractivity contribution in [3.8, 4) is 0 Å². The summed E-state index contributed by atoms with van der Waals surface area (Å²) in [4.78, 5) is 10.4. The highest BCUT2D eigenvalue weighted by Gasteiger charge is 2.24. The van der Waals surface area contributed by atoms with Gasteiger partial charge in [0.2, 0.25) is 0 Å². The number of carboxylic acids is 1. The van der Waals surface area contributed by atoms with Crippen LogP contribution in [0.3, 0.4) is 0 Å². The minimum atomic E-state index is -1.62. The number of aliphatic hydroxyl groups is 2. The molecule has 1 rings (SSSR count). The summed E-state index contributed by atoms with van der Waals surface area (Å²) in [5.41, 5.74) is 6.12. The molecule has 2 unspecified atom stereocenters. The van der Waals surface area contributed by atoms with E-state index in [0.29, 0.717) is 5.56 Å². The molecule has 0 aliphatic rings. The normalized spacial score (nSPS) is 14.4. The summed E-state index contributed by atoms with van der Waals surface area (Å²) in [7, 11) is 0. The molecular formula is C11H14FNO4. The summed E-state index contributed by atoms with van der Waals surface area (Å²) >= 11 is 0. The van der Waals surface area contributed by atoms with Crippen LogP contribution in [0.15, 0.2) is 12.1 Å². The van der Waals surface area contributed by atoms with Gasteiger partial charge in [-0.25, -0.2) is 4.39 Å². The Morgan fingerprint density at radius 2 is 2.06 bits per heavy atom. The van der Waals surface area contributed by atoms with E-state index in [0.717, 1.165) is 6.07 Å². The smallest absolute Gasteiger partial charge is 0.306 e. The van der Waals surface area contributed by atoms with Gasteiger partial charge < -0.3 is 21.1 Å². The number of rotatable bonds is 4. The number of aliphatic hydroxyl groups excluding tert-OH is 2. The topological polar surface area (TPSA) is 104 Å². The molecule has 0 saturated heterocycles. The Hall–Kier alpha value is -1.66. The highest BCUT2D eigenvalue weighted by Crippen LogP contribution is 2.26. The van der Waals surface area contributed by atoms with Crippen LogP contribution in [0.4, 0.5) is 10.1 Å². The first kappa shape index (κ1) is 13.4. The van der Waals surface area contributed by atoms with E-state index in [1.54, 1.807) is 6.92 Å². The van der Waals surface area contributed by atoms with Gasteiger partial charge in [-0.15, -0.1) is 0 Å². The first-order chi connectivity index (χ1) is 7.82. The van der Waals surface area contributed by atoms with Crippen LogP contribution in [0.25, 0.3) is 0 Å². The Bertz CT molecular complexity index is 436. The third-order valence-corrected chi connectivity index (χ3v) is 2.45. The van der Waals surface area contributed by atoms with Crippen molar-refractivity contribution in [1.82, 2.24) is 0 Å². The fraction of sp³-hybridized carbons (Fsp3) is 0.364. The van der Waals surface area contributed by atoms with Crippen LogP contribution in [-0.2, 0) is 4.79 Å². The number of halogens is 1. The third kappa shape index (κ3) is 3.15. The van der Waals surface area contributed by atoms with E-state index in [9.17, 15) is 19.4 Å². The van der Waals surface area contributed by atoms with E-state index in [4.69, 9.17) is 10.8 Å². The number of anilines is 1. The lowest BCUT2D eigenvalue weighted by Crippen LogP contribution is -2.22. The molecule has 0 aliphatic heterocycles. The zero-order valence-corrected chi connectivity index (χ0v) is 9.22. The number of nitrogen functional groups attached to an aromatic ring is 1. The van der Waals surface area contributed by atoms with Gasteiger partial charge in [-0.2, -0.15) is 0 Å². The van der Waals surface area contributed by atoms with Crippen LogP contribution in [0.5, 0.6) is 0 Å². The zero-order chi connectivity index (χ0) is 13.2. The number of aryl methyl sites for hydroxylation is 1. The third-order valence-electron chi connectivity index (χ3n) is 2.45. The predicted molar refractivity (Wildman–Crippen MR) is 58.8 cm³/mol. The van der Waals surface area contributed by atoms with Gasteiger partial charge in [-0.05, 0) is 24.6 Å². The lowest BCUT2D eigenvalue weighted by Gasteiger charge is -2.18. The van der Waals surface area contributed by atoms with Crippen molar-refractivity contribution in [2.45, 2.75) is 25.6 Å². The van der Waals surface area contributed by atoms with E-state index in [1.807, 2.05) is 0 Å². The van der Waals surface area contributed by atoms with E-state index in [2.05, 4.69) is 0 Å². The van der Waals surface area contributed by atoms with E-state index < -0.39 is 30.4 Å². The van der Waals surface area contributed by atoms with E-state index in [1.165, 1.54) is 6.07 Å². The second kappa shape index (κ2) is 5.11. The Morgan fingerprint density at radius 1 is 1.47 bits per heavy atom. The molecule has 2 atom stereocenters. The SMILES string of the molecule is Cc1cc(F)c(C(O)C(O)CC(=O)O)cc1N. The number of carbonyl (C=O) groups is 1. The fourth-order valence-corrected chi connectivity index (χ4v) is 1.43. The van der Waals surface area contributed by atoms with Crippen molar-refractivity contribution in [3.05, 3.63) is 29.1 Å². The number of hydrogen-bond acceptors (Lipinski definition) is 4. The highest BCUT2D eigenvalue weighted by molar-refractivity contribution is 5.67. The minimum Gasteiger partial charge on any atom is -0.481 e. The molecule has 5 nitrogen and oxygen atoms in total. The van der Waals surface area contributed by atoms with Crippen molar-refractivity contribution >= 4 is 11.7 Å². The summed E-state index contributed by atoms with van der Waals surface area (Å²) in [6.45, 7) is 1.60. The van der Waals surface area contributed by atoms with Crippen LogP contribution in [-0.4, -0.2) is 27.4 Å². The molecular weight excluding hydrogens is 229 g/mol. The van der Waals surface area contributed by atoms with Gasteiger partial charge in [0, 0.05) is 11.3 Å². The Labute approximate surface area is 97.3 Å². The zero-order valence-electron chi connectivity index (χ0n) is 9.22. The molecule has 0 bridgehead atoms. The molecule has 6 heteroatoms. The molecule has 0 amide bonds. The number of carboxylic acid groups (broad SMARTS) is 1. The summed E-state index contributed by atoms with van der Waals surface area (Å²) in [5.74, 6) is -2.01. The molecule has 0 aliphatic carbocycles. The van der Waals surface area contributed by atoms with E-state index >= 15 is 0 Å². The van der Waals surface area contributed by atoms with Gasteiger partial charge >= 0.3 is 5.97 Å². The van der Waals surface area contributed by atoms with E-state index in [-0.39, 0.29) is 11.3 Å². The molecule has 5 N–H and O–H groups in total. The van der Waals surface area contributed by atoms with Crippen LogP contribution in [0.2, 0.25) is 0 Å². The first-order valence-electron chi connectivity index (χ1n) is 4.96. The average molecular weight is 243 g/mol. The van der Waals surface area contributed by atoms with Gasteiger partial charge in [-0.1, -0.05) is 0 Å². The molecule has 17 heavy (non-hydrogen) atoms. The molecule has 1 aromatic rings. The Balaban J connectivity index is 2.99. The highest BCUT2D eigenvalue weighted by atomic mass is 19.1. The first-order valence-corrected chi connectivity index (χ1v) is 4.96. The molecule has 0 spiro atoms. The van der Waals surface area contributed by atoms with Crippen LogP contribution in [0, 0.1) is 12.7 Å². The van der Waals surface area contributed by atoms with Crippen molar-refractivity contribution in [2.24, 2.45) is 0 Å². The van der Waals surface area contributed by atoms with Crippen LogP contribution >= 0.6 is 0 Å². The molecule has 0 heterocycles. The molecule has 0 fully saturated rings. The monoisotopic (exact) mass is 243 g/mol. The quantitative estimate of drug-likeness (QED) is 0.579. The van der Waals surface area contributed by atoms with Crippen molar-refractivity contribution in [1.29, 1.82) is 0 Å². The number of hydrogen-bond donors (Lipinski definition) is 4. The molecule has 94 valence electrons. The van der Waals surface area contributed by atoms with Crippen molar-refractivity contribution < 1.29 is 24.5 Å². The maximum absolute atomic E-state index is 13.5. The van der Waals surface area contributed by atoms with Gasteiger partial charge in [0.1, 0.15) is 11.9 Å². The van der Waals surface area contributed by atoms with Crippen molar-refractivity contribution in [2.75, 3.05) is 5.73 Å². The lowest BCUT2D eigenvalue weighted by molar-refractivity contribution is -0.141. The fourth-order valence-electron chi connectivity index (χ4n) is 1.43. The summed E-state index contributed by atoms with van der Waals surface area (Å²) in [5, 5.41) is 27.5. The Kier molecular flexibility index (Phi) is 4.03. The van der Waals surface area contributed by atoms with Gasteiger partial charge in [0.25, 0.3) is 0 Å². The van der Waals surface area contributed by atoms with Gasteiger partial charge in [-0.3, -0.25) is 4.79 Å². The van der Waals surface area contributed by atoms with Gasteiger partial charge in [0.05, 0.1) is 12.5 Å². The maximum Gasteiger partial charge on any atom is 0.306 e. The largest absolute Gasteiger partial charge is 0.481 e. The van der Waals surface area contributed by atoms with Crippen LogP contribution in [0.1, 0.15) is 23.7 Å². The average Bonchev–Trinajstić information content (AvgIpc) is 2.21. The number of benzene rings is 1. The van der Waals surface area contributed by atoms with Crippen molar-refractivity contribution in [3.63, 3.8) is 0 Å². The second-order valence-electron chi connectivity index (χ2n) is 3.84. The standard InChI is InChI=1S/C11H14FNO4/c1-5-2-7(12)6(3-8(5)13)11(17)9(14)4-10(15)16/h2-3,9,11,14,17H,4,13H2,1H3,(H,15,16). The van der Waals surface area contributed by atoms with Crippen LogP contribution < -0.4 is 5.73 Å². The minimum absolute atomic E-state index is 0.207. The van der Waals surface area contributed by atoms with Gasteiger partial charge in [0.15, 0.2) is 0 Å². The number of aliphatic carboxylic acids is 1. The maximum atomic E-state index is 13.5. The summed E-state index contributed by atoms with van der Waals surface area (Å²) < 4.78 is 13.5. The lowest BCUT2D eigenvalue weighted by atomic mass is 9.99. The summed E-state index contributed by atoms with van der Waals surface area (Å²) in [6, 6.07) is 2.32.